The van der Waals surface area contributed by atoms with Crippen LogP contribution in [0.1, 0.15) is 56.8 Å². The summed E-state index contributed by atoms with van der Waals surface area (Å²) in [5, 5.41) is 11.0. The van der Waals surface area contributed by atoms with E-state index in [1.165, 1.54) is 18.2 Å². The summed E-state index contributed by atoms with van der Waals surface area (Å²) < 4.78 is 5.08. The van der Waals surface area contributed by atoms with Crippen molar-refractivity contribution in [3.05, 3.63) is 39.9 Å². The highest BCUT2D eigenvalue weighted by Gasteiger charge is 2.30. The molecule has 2 atom stereocenters. The minimum atomic E-state index is -0.537. The summed E-state index contributed by atoms with van der Waals surface area (Å²) in [6.45, 7) is 7.01. The smallest absolute Gasteiger partial charge is 0.310 e. The minimum absolute atomic E-state index is 0.117. The summed E-state index contributed by atoms with van der Waals surface area (Å²) in [6.07, 6.45) is 2.24. The fourth-order valence-electron chi connectivity index (χ4n) is 3.69. The van der Waals surface area contributed by atoms with Gasteiger partial charge in [0, 0.05) is 49.8 Å². The molecule has 0 spiro atoms. The van der Waals surface area contributed by atoms with Gasteiger partial charge in [-0.1, -0.05) is 13.0 Å². The number of hydrogen-bond acceptors (Lipinski definition) is 6. The first-order valence-corrected chi connectivity index (χ1v) is 10.8. The van der Waals surface area contributed by atoms with E-state index in [1.54, 1.807) is 22.8 Å². The van der Waals surface area contributed by atoms with Gasteiger partial charge in [-0.3, -0.25) is 24.5 Å². The molecule has 0 saturated carbocycles. The van der Waals surface area contributed by atoms with Crippen LogP contribution < -0.4 is 0 Å². The Morgan fingerprint density at radius 2 is 2.06 bits per heavy atom. The van der Waals surface area contributed by atoms with Gasteiger partial charge in [-0.15, -0.1) is 0 Å². The third-order valence-electron chi connectivity index (χ3n) is 5.65. The third-order valence-corrected chi connectivity index (χ3v) is 5.65. The molecule has 0 bridgehead atoms. The summed E-state index contributed by atoms with van der Waals surface area (Å²) in [4.78, 5) is 51.6. The van der Waals surface area contributed by atoms with Crippen LogP contribution in [0.3, 0.4) is 0 Å². The number of amides is 2. The lowest BCUT2D eigenvalue weighted by Gasteiger charge is -2.33. The van der Waals surface area contributed by atoms with Gasteiger partial charge in [-0.05, 0) is 39.2 Å². The lowest BCUT2D eigenvalue weighted by molar-refractivity contribution is -0.384. The monoisotopic (exact) mass is 433 g/mol. The number of hydrogen-bond donors (Lipinski definition) is 0. The van der Waals surface area contributed by atoms with Gasteiger partial charge in [0.05, 0.1) is 17.4 Å². The van der Waals surface area contributed by atoms with Gasteiger partial charge in [-0.2, -0.15) is 0 Å². The fourth-order valence-corrected chi connectivity index (χ4v) is 3.69. The standard InChI is InChI=1S/C22H31N3O6/c1-4-16(3)24(21(27)17-8-6-10-19(14-17)25(29)30)13-11-20(26)23-12-7-9-18(15-23)22(28)31-5-2/h6,8,10,14,16,18H,4-5,7,9,11-13,15H2,1-3H3. The van der Waals surface area contributed by atoms with Gasteiger partial charge in [-0.25, -0.2) is 0 Å². The summed E-state index contributed by atoms with van der Waals surface area (Å²) in [5.74, 6) is -1.04. The second-order valence-electron chi connectivity index (χ2n) is 7.74. The summed E-state index contributed by atoms with van der Waals surface area (Å²) in [5.41, 5.74) is 0.0756. The molecule has 31 heavy (non-hydrogen) atoms. The molecule has 1 aliphatic heterocycles. The number of benzene rings is 1. The molecule has 0 aliphatic carbocycles. The van der Waals surface area contributed by atoms with Crippen molar-refractivity contribution in [2.75, 3.05) is 26.2 Å². The fraction of sp³-hybridized carbons (Fsp3) is 0.591. The van der Waals surface area contributed by atoms with Gasteiger partial charge in [0.2, 0.25) is 5.91 Å². The molecule has 9 heteroatoms. The number of carbonyl (C=O) groups excluding carboxylic acids is 3. The quantitative estimate of drug-likeness (QED) is 0.336. The van der Waals surface area contributed by atoms with E-state index in [0.29, 0.717) is 32.5 Å². The first kappa shape index (κ1) is 24.3. The first-order valence-electron chi connectivity index (χ1n) is 10.8. The average Bonchev–Trinajstić information content (AvgIpc) is 2.78. The summed E-state index contributed by atoms with van der Waals surface area (Å²) in [7, 11) is 0. The van der Waals surface area contributed by atoms with Gasteiger partial charge >= 0.3 is 5.97 Å². The van der Waals surface area contributed by atoms with Crippen LogP contribution in [0.5, 0.6) is 0 Å². The molecular weight excluding hydrogens is 402 g/mol. The molecule has 2 amide bonds. The highest BCUT2D eigenvalue weighted by atomic mass is 16.6. The van der Waals surface area contributed by atoms with Gasteiger partial charge in [0.15, 0.2) is 0 Å². The molecule has 1 fully saturated rings. The Labute approximate surface area is 182 Å². The zero-order valence-electron chi connectivity index (χ0n) is 18.4. The number of rotatable bonds is 9. The second-order valence-corrected chi connectivity index (χ2v) is 7.74. The molecule has 1 saturated heterocycles. The SMILES string of the molecule is CCOC(=O)C1CCCN(C(=O)CCN(C(=O)c2cccc([N+](=O)[O-])c2)C(C)CC)C1. The van der Waals surface area contributed by atoms with Crippen molar-refractivity contribution in [2.45, 2.75) is 52.5 Å². The van der Waals surface area contributed by atoms with Gasteiger partial charge < -0.3 is 14.5 Å². The van der Waals surface area contributed by atoms with Crippen LogP contribution in [0, 0.1) is 16.0 Å². The molecule has 1 heterocycles. The predicted molar refractivity (Wildman–Crippen MR) is 114 cm³/mol. The Hall–Kier alpha value is -2.97. The molecule has 1 aromatic rings. The van der Waals surface area contributed by atoms with Crippen molar-refractivity contribution in [1.29, 1.82) is 0 Å². The van der Waals surface area contributed by atoms with E-state index < -0.39 is 4.92 Å². The second kappa shape index (κ2) is 11.4. The molecular formula is C22H31N3O6. The topological polar surface area (TPSA) is 110 Å². The molecule has 0 aromatic heterocycles. The lowest BCUT2D eigenvalue weighted by atomic mass is 9.98. The lowest BCUT2D eigenvalue weighted by Crippen LogP contribution is -2.45. The van der Waals surface area contributed by atoms with Crippen LogP contribution in [0.25, 0.3) is 0 Å². The third kappa shape index (κ3) is 6.50. The van der Waals surface area contributed by atoms with Crippen LogP contribution in [-0.4, -0.2) is 64.8 Å². The number of piperidine rings is 1. The number of esters is 1. The maximum Gasteiger partial charge on any atom is 0.310 e. The number of nitro benzene ring substituents is 1. The van der Waals surface area contributed by atoms with E-state index in [0.717, 1.165) is 6.42 Å². The number of nitro groups is 1. The zero-order valence-corrected chi connectivity index (χ0v) is 18.4. The van der Waals surface area contributed by atoms with E-state index in [2.05, 4.69) is 0 Å². The van der Waals surface area contributed by atoms with Gasteiger partial charge in [0.1, 0.15) is 0 Å². The van der Waals surface area contributed by atoms with E-state index in [1.807, 2.05) is 13.8 Å². The Balaban J connectivity index is 2.05. The predicted octanol–water partition coefficient (Wildman–Crippen LogP) is 3.03. The van der Waals surface area contributed by atoms with Crippen LogP contribution in [-0.2, 0) is 14.3 Å². The molecule has 1 aliphatic rings. The van der Waals surface area contributed by atoms with Crippen molar-refractivity contribution < 1.29 is 24.0 Å². The van der Waals surface area contributed by atoms with E-state index in [9.17, 15) is 24.5 Å². The Kier molecular flexibility index (Phi) is 8.96. The average molecular weight is 434 g/mol. The van der Waals surface area contributed by atoms with Crippen LogP contribution in [0.15, 0.2) is 24.3 Å². The largest absolute Gasteiger partial charge is 0.466 e. The Morgan fingerprint density at radius 1 is 1.32 bits per heavy atom. The maximum atomic E-state index is 13.0. The zero-order chi connectivity index (χ0) is 23.0. The molecule has 1 aromatic carbocycles. The molecule has 0 N–H and O–H groups in total. The molecule has 0 radical (unpaired) electrons. The van der Waals surface area contributed by atoms with Crippen LogP contribution >= 0.6 is 0 Å². The van der Waals surface area contributed by atoms with Crippen LogP contribution in [0.4, 0.5) is 5.69 Å². The molecule has 2 rings (SSSR count). The highest BCUT2D eigenvalue weighted by molar-refractivity contribution is 5.95. The van der Waals surface area contributed by atoms with Crippen molar-refractivity contribution in [3.8, 4) is 0 Å². The van der Waals surface area contributed by atoms with Crippen molar-refractivity contribution in [1.82, 2.24) is 9.80 Å². The number of likely N-dealkylation sites (tertiary alicyclic amines) is 1. The van der Waals surface area contributed by atoms with E-state index >= 15 is 0 Å². The first-order chi connectivity index (χ1) is 14.8. The number of carbonyl (C=O) groups is 3. The van der Waals surface area contributed by atoms with Gasteiger partial charge in [0.25, 0.3) is 11.6 Å². The molecule has 9 nitrogen and oxygen atoms in total. The number of nitrogens with zero attached hydrogens (tertiary/aromatic N) is 3. The Bertz CT molecular complexity index is 812. The van der Waals surface area contributed by atoms with Crippen LogP contribution in [0.2, 0.25) is 0 Å². The van der Waals surface area contributed by atoms with E-state index in [4.69, 9.17) is 4.74 Å². The van der Waals surface area contributed by atoms with Crippen molar-refractivity contribution in [2.24, 2.45) is 5.92 Å². The maximum absolute atomic E-state index is 13.0. The molecule has 170 valence electrons. The van der Waals surface area contributed by atoms with Crippen molar-refractivity contribution in [3.63, 3.8) is 0 Å². The Morgan fingerprint density at radius 3 is 2.71 bits per heavy atom. The number of ether oxygens (including phenoxy) is 1. The molecule has 2 unspecified atom stereocenters. The number of non-ortho nitro benzene ring substituents is 1. The summed E-state index contributed by atoms with van der Waals surface area (Å²) >= 11 is 0. The van der Waals surface area contributed by atoms with Crippen molar-refractivity contribution >= 4 is 23.5 Å². The highest BCUT2D eigenvalue weighted by Crippen LogP contribution is 2.20. The normalized spacial score (nSPS) is 17.0. The van der Waals surface area contributed by atoms with E-state index in [-0.39, 0.29) is 54.0 Å². The summed E-state index contributed by atoms with van der Waals surface area (Å²) in [6, 6.07) is 5.49. The minimum Gasteiger partial charge on any atom is -0.466 e.